The molecule has 0 radical (unpaired) electrons. The first-order chi connectivity index (χ1) is 10.6. The van der Waals surface area contributed by atoms with Crippen LogP contribution in [0.1, 0.15) is 12.0 Å². The maximum absolute atomic E-state index is 12.4. The largest absolute Gasteiger partial charge is 0.488 e. The van der Waals surface area contributed by atoms with Crippen molar-refractivity contribution in [1.82, 2.24) is 9.47 Å². The van der Waals surface area contributed by atoms with Crippen molar-refractivity contribution in [3.05, 3.63) is 58.5 Å². The maximum Gasteiger partial charge on any atom is 0.293 e. The zero-order valence-electron chi connectivity index (χ0n) is 13.2. The molecule has 0 saturated carbocycles. The van der Waals surface area contributed by atoms with Gasteiger partial charge in [-0.15, -0.1) is 0 Å². The molecule has 0 aliphatic rings. The van der Waals surface area contributed by atoms with Crippen LogP contribution in [0.2, 0.25) is 0 Å². The van der Waals surface area contributed by atoms with Crippen LogP contribution in [0, 0.1) is 0 Å². The molecule has 1 aromatic heterocycles. The van der Waals surface area contributed by atoms with Crippen molar-refractivity contribution < 1.29 is 4.74 Å². The lowest BCUT2D eigenvalue weighted by atomic mass is 10.2. The summed E-state index contributed by atoms with van der Waals surface area (Å²) in [5.41, 5.74) is 7.31. The third kappa shape index (κ3) is 4.63. The van der Waals surface area contributed by atoms with E-state index >= 15 is 0 Å². The van der Waals surface area contributed by atoms with E-state index in [-0.39, 0.29) is 5.56 Å². The SMILES string of the molecule is CN(C)CCCOc1cccn(Cc2ccc(N)cc2)c1=O. The predicted octanol–water partition coefficient (Wildman–Crippen LogP) is 1.81. The Bertz CT molecular complexity index is 648. The van der Waals surface area contributed by atoms with Crippen molar-refractivity contribution in [2.24, 2.45) is 0 Å². The Morgan fingerprint density at radius 3 is 2.59 bits per heavy atom. The lowest BCUT2D eigenvalue weighted by molar-refractivity contribution is 0.277. The first kappa shape index (κ1) is 16.1. The number of rotatable bonds is 7. The highest BCUT2D eigenvalue weighted by molar-refractivity contribution is 5.39. The molecule has 118 valence electrons. The minimum atomic E-state index is -0.107. The molecule has 0 aliphatic carbocycles. The van der Waals surface area contributed by atoms with E-state index in [1.165, 1.54) is 0 Å². The van der Waals surface area contributed by atoms with Gasteiger partial charge >= 0.3 is 0 Å². The van der Waals surface area contributed by atoms with Crippen LogP contribution in [0.15, 0.2) is 47.4 Å². The van der Waals surface area contributed by atoms with Gasteiger partial charge in [0.05, 0.1) is 13.2 Å². The van der Waals surface area contributed by atoms with Crippen molar-refractivity contribution in [3.8, 4) is 5.75 Å². The average Bonchev–Trinajstić information content (AvgIpc) is 2.49. The zero-order valence-corrected chi connectivity index (χ0v) is 13.2. The van der Waals surface area contributed by atoms with Gasteiger partial charge in [-0.1, -0.05) is 12.1 Å². The summed E-state index contributed by atoms with van der Waals surface area (Å²) in [6, 6.07) is 11.1. The number of ether oxygens (including phenoxy) is 1. The highest BCUT2D eigenvalue weighted by atomic mass is 16.5. The van der Waals surface area contributed by atoms with E-state index in [4.69, 9.17) is 10.5 Å². The topological polar surface area (TPSA) is 60.5 Å². The minimum Gasteiger partial charge on any atom is -0.488 e. The van der Waals surface area contributed by atoms with Crippen LogP contribution in [0.25, 0.3) is 0 Å². The molecule has 2 rings (SSSR count). The summed E-state index contributed by atoms with van der Waals surface area (Å²) in [6.45, 7) is 1.99. The molecule has 2 aromatic rings. The molecule has 0 amide bonds. The molecular formula is C17H23N3O2. The molecule has 0 spiro atoms. The van der Waals surface area contributed by atoms with Crippen molar-refractivity contribution >= 4 is 5.69 Å². The van der Waals surface area contributed by atoms with Gasteiger partial charge in [0.1, 0.15) is 0 Å². The molecule has 0 atom stereocenters. The zero-order chi connectivity index (χ0) is 15.9. The van der Waals surface area contributed by atoms with Gasteiger partial charge in [-0.05, 0) is 50.3 Å². The number of benzene rings is 1. The fourth-order valence-electron chi connectivity index (χ4n) is 2.13. The van der Waals surface area contributed by atoms with Crippen molar-refractivity contribution in [2.45, 2.75) is 13.0 Å². The smallest absolute Gasteiger partial charge is 0.293 e. The molecule has 5 heteroatoms. The van der Waals surface area contributed by atoms with Crippen LogP contribution in [0.5, 0.6) is 5.75 Å². The molecule has 0 saturated heterocycles. The summed E-state index contributed by atoms with van der Waals surface area (Å²) in [5.74, 6) is 0.400. The van der Waals surface area contributed by atoms with E-state index in [1.807, 2.05) is 44.4 Å². The molecule has 22 heavy (non-hydrogen) atoms. The van der Waals surface area contributed by atoms with Gasteiger partial charge in [0.15, 0.2) is 5.75 Å². The van der Waals surface area contributed by atoms with Gasteiger partial charge in [-0.3, -0.25) is 4.79 Å². The summed E-state index contributed by atoms with van der Waals surface area (Å²) in [5, 5.41) is 0. The van der Waals surface area contributed by atoms with Crippen LogP contribution >= 0.6 is 0 Å². The van der Waals surface area contributed by atoms with Gasteiger partial charge in [0.2, 0.25) is 0 Å². The fourth-order valence-corrected chi connectivity index (χ4v) is 2.13. The lowest BCUT2D eigenvalue weighted by Gasteiger charge is -2.11. The van der Waals surface area contributed by atoms with Crippen LogP contribution in [-0.4, -0.2) is 36.7 Å². The number of hydrogen-bond acceptors (Lipinski definition) is 4. The number of aromatic nitrogens is 1. The highest BCUT2D eigenvalue weighted by Gasteiger charge is 2.05. The summed E-state index contributed by atoms with van der Waals surface area (Å²) in [7, 11) is 4.03. The fraction of sp³-hybridized carbons (Fsp3) is 0.353. The Morgan fingerprint density at radius 2 is 1.91 bits per heavy atom. The normalized spacial score (nSPS) is 10.9. The van der Waals surface area contributed by atoms with Crippen molar-refractivity contribution in [1.29, 1.82) is 0 Å². The highest BCUT2D eigenvalue weighted by Crippen LogP contribution is 2.08. The van der Waals surface area contributed by atoms with Crippen molar-refractivity contribution in [3.63, 3.8) is 0 Å². The van der Waals surface area contributed by atoms with E-state index in [1.54, 1.807) is 16.8 Å². The summed E-state index contributed by atoms with van der Waals surface area (Å²) in [6.07, 6.45) is 2.66. The second-order valence-electron chi connectivity index (χ2n) is 5.55. The first-order valence-electron chi connectivity index (χ1n) is 7.37. The first-order valence-corrected chi connectivity index (χ1v) is 7.37. The van der Waals surface area contributed by atoms with E-state index in [0.717, 1.165) is 18.5 Å². The van der Waals surface area contributed by atoms with Crippen LogP contribution in [0.3, 0.4) is 0 Å². The number of nitrogens with zero attached hydrogens (tertiary/aromatic N) is 2. The molecule has 1 aromatic carbocycles. The summed E-state index contributed by atoms with van der Waals surface area (Å²) >= 11 is 0. The van der Waals surface area contributed by atoms with Gasteiger partial charge in [-0.2, -0.15) is 0 Å². The molecule has 1 heterocycles. The number of anilines is 1. The monoisotopic (exact) mass is 301 g/mol. The number of nitrogen functional groups attached to an aromatic ring is 1. The van der Waals surface area contributed by atoms with Gasteiger partial charge in [0, 0.05) is 18.4 Å². The minimum absolute atomic E-state index is 0.107. The Kier molecular flexibility index (Phi) is 5.61. The van der Waals surface area contributed by atoms with E-state index in [0.29, 0.717) is 24.6 Å². The van der Waals surface area contributed by atoms with E-state index in [2.05, 4.69) is 4.90 Å². The quantitative estimate of drug-likeness (QED) is 0.626. The Labute approximate surface area is 130 Å². The third-order valence-electron chi connectivity index (χ3n) is 3.33. The molecule has 0 fully saturated rings. The number of hydrogen-bond donors (Lipinski definition) is 1. The molecule has 2 N–H and O–H groups in total. The molecule has 5 nitrogen and oxygen atoms in total. The maximum atomic E-state index is 12.4. The van der Waals surface area contributed by atoms with Crippen LogP contribution < -0.4 is 16.0 Å². The van der Waals surface area contributed by atoms with Crippen LogP contribution in [0.4, 0.5) is 5.69 Å². The molecule has 0 unspecified atom stereocenters. The van der Waals surface area contributed by atoms with Gasteiger partial charge in [0.25, 0.3) is 5.56 Å². The number of nitrogens with two attached hydrogens (primary N) is 1. The standard InChI is InChI=1S/C17H23N3O2/c1-19(2)10-4-12-22-16-5-3-11-20(17(16)21)13-14-6-8-15(18)9-7-14/h3,5-9,11H,4,10,12-13,18H2,1-2H3. The predicted molar refractivity (Wildman–Crippen MR) is 89.3 cm³/mol. The third-order valence-corrected chi connectivity index (χ3v) is 3.33. The lowest BCUT2D eigenvalue weighted by Crippen LogP contribution is -2.23. The van der Waals surface area contributed by atoms with Crippen LogP contribution in [-0.2, 0) is 6.54 Å². The van der Waals surface area contributed by atoms with Gasteiger partial charge < -0.3 is 19.9 Å². The number of pyridine rings is 1. The molecular weight excluding hydrogens is 278 g/mol. The Hall–Kier alpha value is -2.27. The Balaban J connectivity index is 2.02. The average molecular weight is 301 g/mol. The second kappa shape index (κ2) is 7.66. The summed E-state index contributed by atoms with van der Waals surface area (Å²) < 4.78 is 7.25. The molecule has 0 bridgehead atoms. The second-order valence-corrected chi connectivity index (χ2v) is 5.55. The van der Waals surface area contributed by atoms with Crippen molar-refractivity contribution in [2.75, 3.05) is 33.0 Å². The summed E-state index contributed by atoms with van der Waals surface area (Å²) in [4.78, 5) is 14.5. The van der Waals surface area contributed by atoms with Gasteiger partial charge in [-0.25, -0.2) is 0 Å². The van der Waals surface area contributed by atoms with E-state index < -0.39 is 0 Å². The Morgan fingerprint density at radius 1 is 1.18 bits per heavy atom. The molecule has 0 aliphatic heterocycles. The van der Waals surface area contributed by atoms with E-state index in [9.17, 15) is 4.79 Å².